The highest BCUT2D eigenvalue weighted by Crippen LogP contribution is 2.31. The number of amides is 7. The van der Waals surface area contributed by atoms with Crippen molar-refractivity contribution in [2.45, 2.75) is 199 Å². The molecule has 0 saturated heterocycles. The number of nitrogens with zero attached hydrogens (tertiary/aromatic N) is 4. The Morgan fingerprint density at radius 3 is 1.32 bits per heavy atom. The van der Waals surface area contributed by atoms with Gasteiger partial charge in [0.05, 0.1) is 150 Å². The van der Waals surface area contributed by atoms with Crippen LogP contribution in [-0.2, 0) is 96.9 Å². The van der Waals surface area contributed by atoms with Gasteiger partial charge in [0.15, 0.2) is 0 Å². The van der Waals surface area contributed by atoms with Gasteiger partial charge in [-0.25, -0.2) is 0 Å². The topological polar surface area (TPSA) is 336 Å². The number of hydrogen-bond acceptors (Lipinski definition) is 22. The first kappa shape index (κ1) is 101. The molecule has 1 aromatic heterocycles. The third kappa shape index (κ3) is 57.4. The zero-order chi connectivity index (χ0) is 80.4. The first-order valence-electron chi connectivity index (χ1n) is 39.6. The van der Waals surface area contributed by atoms with Gasteiger partial charge in [-0.1, -0.05) is 102 Å². The van der Waals surface area contributed by atoms with Crippen LogP contribution in [0, 0.1) is 33.5 Å². The van der Waals surface area contributed by atoms with Gasteiger partial charge < -0.3 is 93.6 Å². The number of thioether (sulfide) groups is 1. The molecular weight excluding hydrogens is 1410 g/mol. The van der Waals surface area contributed by atoms with Crippen LogP contribution < -0.4 is 31.9 Å². The average molecular weight is 1560 g/mol. The van der Waals surface area contributed by atoms with Gasteiger partial charge in [0.25, 0.3) is 0 Å². The molecule has 3 unspecified atom stereocenters. The molecule has 0 spiro atoms. The standard InChI is InChI=1S/C78H148N10O19S/c1-17-24-75(8,9)61-83-72(94)64(3)20-37-97-44-32-82-71(93)63(2)19-36-96-42-30-80-68(90)22-39-99-47-51-103-55-57-105-53-49-101-45-34-87(70(92)18-33-88-59-66(85-86-88)65(4)60-108-16)35-46-102-50-54-106-58-56-104-52-48-100-40-23-69(91)81-31-43-98-38-21-67(89)79-29-27-78(14,15)107-41-28-77(12,13)73(95)84-62-76(10,11)26-25-74(5,6)7/h59,63-65H,17-58,60-62H2,1-16H3,(H,79,89)(H,80,90)(H,81,91)(H,82,93)(H,83,94)(H,84,95). The Balaban J connectivity index is 2.14. The van der Waals surface area contributed by atoms with Crippen LogP contribution in [-0.4, -0.2) is 283 Å². The molecule has 29 nitrogen and oxygen atoms in total. The van der Waals surface area contributed by atoms with Gasteiger partial charge in [0, 0.05) is 133 Å². The van der Waals surface area contributed by atoms with E-state index in [1.807, 2.05) is 47.7 Å². The second kappa shape index (κ2) is 60.9. The monoisotopic (exact) mass is 1560 g/mol. The molecule has 0 radical (unpaired) electrons. The summed E-state index contributed by atoms with van der Waals surface area (Å²) >= 11 is 1.75. The van der Waals surface area contributed by atoms with E-state index in [0.29, 0.717) is 210 Å². The summed E-state index contributed by atoms with van der Waals surface area (Å²) in [6, 6.07) is 0. The molecule has 0 aliphatic carbocycles. The van der Waals surface area contributed by atoms with Crippen molar-refractivity contribution in [3.05, 3.63) is 11.9 Å². The molecular formula is C78H148N10O19S. The Kier molecular flexibility index (Phi) is 57.1. The van der Waals surface area contributed by atoms with Crippen molar-refractivity contribution in [1.82, 2.24) is 51.8 Å². The molecule has 0 aliphatic rings. The summed E-state index contributed by atoms with van der Waals surface area (Å²) in [5, 5.41) is 26.2. The van der Waals surface area contributed by atoms with Crippen LogP contribution in [0.3, 0.4) is 0 Å². The van der Waals surface area contributed by atoms with E-state index >= 15 is 0 Å². The summed E-state index contributed by atoms with van der Waals surface area (Å²) < 4.78 is 70.0. The number of ether oxygens (including phenoxy) is 12. The number of hydrogen-bond donors (Lipinski definition) is 6. The maximum atomic E-state index is 13.5. The van der Waals surface area contributed by atoms with Crippen LogP contribution in [0.5, 0.6) is 0 Å². The van der Waals surface area contributed by atoms with Gasteiger partial charge in [-0.15, -0.1) is 5.10 Å². The Morgan fingerprint density at radius 1 is 0.454 bits per heavy atom. The van der Waals surface area contributed by atoms with Crippen molar-refractivity contribution in [3.8, 4) is 0 Å². The van der Waals surface area contributed by atoms with E-state index in [2.05, 4.69) is 111 Å². The second-order valence-electron chi connectivity index (χ2n) is 31.6. The van der Waals surface area contributed by atoms with Crippen LogP contribution in [0.2, 0.25) is 0 Å². The largest absolute Gasteiger partial charge is 0.380 e. The Bertz CT molecular complexity index is 2530. The van der Waals surface area contributed by atoms with Gasteiger partial charge in [0.1, 0.15) is 0 Å². The van der Waals surface area contributed by atoms with E-state index in [9.17, 15) is 33.6 Å². The molecule has 108 heavy (non-hydrogen) atoms. The fourth-order valence-electron chi connectivity index (χ4n) is 10.3. The van der Waals surface area contributed by atoms with Crippen molar-refractivity contribution < 1.29 is 90.4 Å². The first-order chi connectivity index (χ1) is 51.3. The van der Waals surface area contributed by atoms with Gasteiger partial charge in [-0.3, -0.25) is 38.2 Å². The fourth-order valence-corrected chi connectivity index (χ4v) is 10.9. The first-order valence-corrected chi connectivity index (χ1v) is 41.0. The van der Waals surface area contributed by atoms with Gasteiger partial charge >= 0.3 is 0 Å². The van der Waals surface area contributed by atoms with Gasteiger partial charge in [-0.05, 0) is 81.3 Å². The molecule has 0 fully saturated rings. The van der Waals surface area contributed by atoms with Crippen molar-refractivity contribution >= 4 is 53.1 Å². The summed E-state index contributed by atoms with van der Waals surface area (Å²) in [5.41, 5.74) is 0.188. The minimum Gasteiger partial charge on any atom is -0.380 e. The van der Waals surface area contributed by atoms with Crippen molar-refractivity contribution in [2.75, 3.05) is 216 Å². The van der Waals surface area contributed by atoms with E-state index in [0.717, 1.165) is 37.1 Å². The zero-order valence-corrected chi connectivity index (χ0v) is 70.4. The molecule has 7 amide bonds. The van der Waals surface area contributed by atoms with Crippen LogP contribution in [0.4, 0.5) is 0 Å². The maximum absolute atomic E-state index is 13.5. The predicted octanol–water partition coefficient (Wildman–Crippen LogP) is 7.35. The number of carbonyl (C=O) groups is 7. The summed E-state index contributed by atoms with van der Waals surface area (Å²) in [7, 11) is 0. The highest BCUT2D eigenvalue weighted by atomic mass is 32.2. The predicted molar refractivity (Wildman–Crippen MR) is 421 cm³/mol. The van der Waals surface area contributed by atoms with E-state index in [-0.39, 0.29) is 127 Å². The van der Waals surface area contributed by atoms with Crippen molar-refractivity contribution in [2.24, 2.45) is 33.5 Å². The Morgan fingerprint density at radius 2 is 0.861 bits per heavy atom. The van der Waals surface area contributed by atoms with Gasteiger partial charge in [-0.2, -0.15) is 11.8 Å². The molecule has 1 rings (SSSR count). The molecule has 1 heterocycles. The minimum absolute atomic E-state index is 0.0157. The fraction of sp³-hybridized carbons (Fsp3) is 0.885. The van der Waals surface area contributed by atoms with Crippen LogP contribution in [0.15, 0.2) is 6.20 Å². The van der Waals surface area contributed by atoms with Crippen LogP contribution in [0.1, 0.15) is 193 Å². The summed E-state index contributed by atoms with van der Waals surface area (Å²) in [6.45, 7) is 43.0. The lowest BCUT2D eigenvalue weighted by molar-refractivity contribution is -0.133. The highest BCUT2D eigenvalue weighted by molar-refractivity contribution is 7.98. The average Bonchev–Trinajstić information content (AvgIpc) is 1.85. The SMILES string of the molecule is CCCC(C)(C)CNC(=O)C(C)CCOCCNC(=O)C(C)CCOCCNC(=O)CCOCCOCCOCCOCCN(CCOCCOCCOCCOCCC(=O)NCCOCCC(=O)NCCC(C)(C)OCCC(C)(C)C(=O)NCC(C)(C)CCC(C)(C)C)C(=O)CCn1cc(C(C)CSC)nn1. The minimum atomic E-state index is -0.575. The lowest BCUT2D eigenvalue weighted by atomic mass is 9.79. The zero-order valence-electron chi connectivity index (χ0n) is 69.6. The molecule has 3 atom stereocenters. The van der Waals surface area contributed by atoms with E-state index in [1.54, 1.807) is 21.3 Å². The Labute approximate surface area is 653 Å². The van der Waals surface area contributed by atoms with Crippen LogP contribution >= 0.6 is 11.8 Å². The lowest BCUT2D eigenvalue weighted by Crippen LogP contribution is -2.42. The maximum Gasteiger partial charge on any atom is 0.225 e. The van der Waals surface area contributed by atoms with E-state index in [1.165, 1.54) is 0 Å². The second-order valence-corrected chi connectivity index (χ2v) is 32.5. The normalized spacial score (nSPS) is 13.1. The summed E-state index contributed by atoms with van der Waals surface area (Å²) in [6.07, 6.45) is 11.4. The van der Waals surface area contributed by atoms with Crippen molar-refractivity contribution in [3.63, 3.8) is 0 Å². The van der Waals surface area contributed by atoms with Gasteiger partial charge in [0.2, 0.25) is 41.4 Å². The summed E-state index contributed by atoms with van der Waals surface area (Å²) in [5.74, 6) is 0.283. The molecule has 0 aliphatic heterocycles. The lowest BCUT2D eigenvalue weighted by Gasteiger charge is -2.32. The van der Waals surface area contributed by atoms with E-state index < -0.39 is 11.0 Å². The molecule has 6 N–H and O–H groups in total. The van der Waals surface area contributed by atoms with Crippen molar-refractivity contribution in [1.29, 1.82) is 0 Å². The Hall–Kier alpha value is -4.70. The molecule has 1 aromatic rings. The molecule has 630 valence electrons. The number of aryl methyl sites for hydroxylation is 1. The number of rotatable bonds is 72. The number of nitrogens with one attached hydrogen (secondary N) is 6. The quantitative estimate of drug-likeness (QED) is 0.0347. The van der Waals surface area contributed by atoms with Crippen LogP contribution in [0.25, 0.3) is 0 Å². The smallest absolute Gasteiger partial charge is 0.225 e. The molecule has 0 aromatic carbocycles. The number of carbonyl (C=O) groups excluding carboxylic acids is 7. The van der Waals surface area contributed by atoms with E-state index in [4.69, 9.17) is 56.8 Å². The molecule has 0 bridgehead atoms. The molecule has 30 heteroatoms. The summed E-state index contributed by atoms with van der Waals surface area (Å²) in [4.78, 5) is 90.2. The molecule has 0 saturated carbocycles. The number of aromatic nitrogens is 3. The third-order valence-corrected chi connectivity index (χ3v) is 18.7. The highest BCUT2D eigenvalue weighted by Gasteiger charge is 2.31. The third-order valence-electron chi connectivity index (χ3n) is 17.8.